The Morgan fingerprint density at radius 2 is 1.67 bits per heavy atom. The van der Waals surface area contributed by atoms with Gasteiger partial charge in [0, 0.05) is 18.3 Å². The van der Waals surface area contributed by atoms with E-state index in [4.69, 9.17) is 18.6 Å². The number of para-hydroxylation sites is 1. The minimum atomic E-state index is -0.413. The van der Waals surface area contributed by atoms with Crippen molar-refractivity contribution in [2.75, 3.05) is 33.3 Å². The van der Waals surface area contributed by atoms with Gasteiger partial charge in [0.15, 0.2) is 11.5 Å². The van der Waals surface area contributed by atoms with Gasteiger partial charge in [0.1, 0.15) is 0 Å². The van der Waals surface area contributed by atoms with E-state index in [0.29, 0.717) is 28.0 Å². The van der Waals surface area contributed by atoms with E-state index in [1.807, 2.05) is 30.3 Å². The number of hydrogen-bond donors (Lipinski definition) is 0. The highest BCUT2D eigenvalue weighted by Crippen LogP contribution is 2.41. The number of aromatic nitrogens is 2. The second-order valence-corrected chi connectivity index (χ2v) is 7.57. The third kappa shape index (κ3) is 4.51. The van der Waals surface area contributed by atoms with Gasteiger partial charge in [-0.1, -0.05) is 30.0 Å². The molecule has 0 aliphatic rings. The van der Waals surface area contributed by atoms with Crippen LogP contribution in [0.2, 0.25) is 0 Å². The Morgan fingerprint density at radius 3 is 2.23 bits per heavy atom. The van der Waals surface area contributed by atoms with Crippen LogP contribution in [-0.4, -0.2) is 49.7 Å². The number of ether oxygens (including phenoxy) is 3. The van der Waals surface area contributed by atoms with Crippen molar-refractivity contribution >= 4 is 23.4 Å². The summed E-state index contributed by atoms with van der Waals surface area (Å²) in [5.41, 5.74) is 1.43. The number of rotatable bonds is 8. The van der Waals surface area contributed by atoms with Gasteiger partial charge in [-0.15, -0.1) is 10.2 Å². The van der Waals surface area contributed by atoms with Crippen LogP contribution in [0.1, 0.15) is 6.92 Å². The van der Waals surface area contributed by atoms with E-state index in [2.05, 4.69) is 10.2 Å². The van der Waals surface area contributed by atoms with Gasteiger partial charge in [-0.2, -0.15) is 0 Å². The van der Waals surface area contributed by atoms with E-state index in [-0.39, 0.29) is 11.8 Å². The summed E-state index contributed by atoms with van der Waals surface area (Å²) in [6, 6.07) is 12.9. The van der Waals surface area contributed by atoms with Gasteiger partial charge in [0.2, 0.25) is 17.5 Å². The molecule has 30 heavy (non-hydrogen) atoms. The predicted octanol–water partition coefficient (Wildman–Crippen LogP) is 3.91. The fraction of sp³-hybridized carbons (Fsp3) is 0.286. The zero-order chi connectivity index (χ0) is 21.7. The lowest BCUT2D eigenvalue weighted by molar-refractivity contribution is -0.117. The molecule has 1 aromatic heterocycles. The monoisotopic (exact) mass is 429 g/mol. The number of amides is 1. The van der Waals surface area contributed by atoms with E-state index in [0.717, 1.165) is 5.69 Å². The normalized spacial score (nSPS) is 11.6. The molecule has 0 unspecified atom stereocenters. The van der Waals surface area contributed by atoms with Crippen LogP contribution in [0.25, 0.3) is 11.5 Å². The molecule has 0 radical (unpaired) electrons. The zero-order valence-corrected chi connectivity index (χ0v) is 18.2. The molecule has 8 nitrogen and oxygen atoms in total. The number of methoxy groups -OCH3 is 3. The molecule has 0 saturated heterocycles. The zero-order valence-electron chi connectivity index (χ0n) is 17.4. The third-order valence-electron chi connectivity index (χ3n) is 4.42. The van der Waals surface area contributed by atoms with Crippen LogP contribution in [0.5, 0.6) is 17.2 Å². The number of carbonyl (C=O) groups is 1. The molecule has 1 heterocycles. The van der Waals surface area contributed by atoms with Crippen molar-refractivity contribution in [3.05, 3.63) is 42.5 Å². The number of carbonyl (C=O) groups excluding carboxylic acids is 1. The van der Waals surface area contributed by atoms with Crippen LogP contribution in [0.4, 0.5) is 5.69 Å². The summed E-state index contributed by atoms with van der Waals surface area (Å²) < 4.78 is 21.8. The van der Waals surface area contributed by atoms with Crippen molar-refractivity contribution < 1.29 is 23.4 Å². The van der Waals surface area contributed by atoms with Gasteiger partial charge in [-0.05, 0) is 31.2 Å². The molecular weight excluding hydrogens is 406 g/mol. The molecular formula is C21H23N3O5S. The molecule has 0 fully saturated rings. The Bertz CT molecular complexity index is 984. The van der Waals surface area contributed by atoms with E-state index in [9.17, 15) is 4.79 Å². The Balaban J connectivity index is 1.77. The highest BCUT2D eigenvalue weighted by Gasteiger charge is 2.23. The first-order valence-electron chi connectivity index (χ1n) is 9.11. The molecule has 158 valence electrons. The van der Waals surface area contributed by atoms with E-state index in [1.165, 1.54) is 33.1 Å². The lowest BCUT2D eigenvalue weighted by Crippen LogP contribution is -2.33. The summed E-state index contributed by atoms with van der Waals surface area (Å²) in [7, 11) is 6.34. The first-order valence-corrected chi connectivity index (χ1v) is 9.99. The summed E-state index contributed by atoms with van der Waals surface area (Å²) >= 11 is 1.20. The van der Waals surface area contributed by atoms with Crippen molar-refractivity contribution in [1.82, 2.24) is 10.2 Å². The van der Waals surface area contributed by atoms with Crippen LogP contribution >= 0.6 is 11.8 Å². The van der Waals surface area contributed by atoms with Gasteiger partial charge in [-0.25, -0.2) is 0 Å². The molecule has 0 saturated carbocycles. The van der Waals surface area contributed by atoms with Crippen molar-refractivity contribution in [2.45, 2.75) is 17.4 Å². The largest absolute Gasteiger partial charge is 0.493 e. The molecule has 0 spiro atoms. The standard InChI is InChI=1S/C21H23N3O5S/c1-13(20(25)24(2)15-9-7-6-8-10-15)30-21-23-22-19(29-21)14-11-16(26-3)18(28-5)17(12-14)27-4/h6-13H,1-5H3/t13-/m0/s1. The molecule has 1 atom stereocenters. The minimum absolute atomic E-state index is 0.0706. The Labute approximate surface area is 179 Å². The van der Waals surface area contributed by atoms with Crippen LogP contribution in [0.3, 0.4) is 0 Å². The average molecular weight is 429 g/mol. The van der Waals surface area contributed by atoms with Crippen molar-refractivity contribution in [3.8, 4) is 28.7 Å². The number of benzene rings is 2. The smallest absolute Gasteiger partial charge is 0.277 e. The summed E-state index contributed by atoms with van der Waals surface area (Å²) in [5.74, 6) is 1.65. The predicted molar refractivity (Wildman–Crippen MR) is 115 cm³/mol. The van der Waals surface area contributed by atoms with Gasteiger partial charge >= 0.3 is 0 Å². The summed E-state index contributed by atoms with van der Waals surface area (Å²) in [6.45, 7) is 1.80. The van der Waals surface area contributed by atoms with Gasteiger partial charge in [-0.3, -0.25) is 4.79 Å². The fourth-order valence-electron chi connectivity index (χ4n) is 2.83. The van der Waals surface area contributed by atoms with Crippen LogP contribution in [-0.2, 0) is 4.79 Å². The molecule has 2 aromatic carbocycles. The topological polar surface area (TPSA) is 86.9 Å². The maximum absolute atomic E-state index is 12.7. The number of hydrogen-bond acceptors (Lipinski definition) is 8. The molecule has 3 rings (SSSR count). The fourth-order valence-corrected chi connectivity index (χ4v) is 3.61. The Hall–Kier alpha value is -3.20. The highest BCUT2D eigenvalue weighted by molar-refractivity contribution is 8.00. The maximum Gasteiger partial charge on any atom is 0.277 e. The van der Waals surface area contributed by atoms with Gasteiger partial charge in [0.05, 0.1) is 26.6 Å². The number of anilines is 1. The molecule has 1 amide bonds. The summed E-state index contributed by atoms with van der Waals surface area (Å²) in [5, 5.41) is 8.04. The maximum atomic E-state index is 12.7. The second-order valence-electron chi connectivity index (χ2n) is 6.28. The van der Waals surface area contributed by atoms with Crippen LogP contribution in [0, 0.1) is 0 Å². The van der Waals surface area contributed by atoms with E-state index >= 15 is 0 Å². The average Bonchev–Trinajstić information content (AvgIpc) is 3.25. The van der Waals surface area contributed by atoms with Crippen LogP contribution < -0.4 is 19.1 Å². The number of nitrogens with zero attached hydrogens (tertiary/aromatic N) is 3. The summed E-state index contributed by atoms with van der Waals surface area (Å²) in [4.78, 5) is 14.3. The molecule has 0 aliphatic heterocycles. The lowest BCUT2D eigenvalue weighted by atomic mass is 10.2. The quantitative estimate of drug-likeness (QED) is 0.498. The SMILES string of the molecule is COc1cc(-c2nnc(S[C@@H](C)C(=O)N(C)c3ccccc3)o2)cc(OC)c1OC. The van der Waals surface area contributed by atoms with Gasteiger partial charge < -0.3 is 23.5 Å². The Kier molecular flexibility index (Phi) is 6.83. The second kappa shape index (κ2) is 9.53. The third-order valence-corrected chi connectivity index (χ3v) is 5.34. The van der Waals surface area contributed by atoms with E-state index < -0.39 is 5.25 Å². The van der Waals surface area contributed by atoms with Crippen molar-refractivity contribution in [2.24, 2.45) is 0 Å². The molecule has 3 aromatic rings. The molecule has 0 aliphatic carbocycles. The van der Waals surface area contributed by atoms with Crippen LogP contribution in [0.15, 0.2) is 52.1 Å². The minimum Gasteiger partial charge on any atom is -0.493 e. The number of thioether (sulfide) groups is 1. The highest BCUT2D eigenvalue weighted by atomic mass is 32.2. The first-order chi connectivity index (χ1) is 14.5. The molecule has 0 bridgehead atoms. The molecule has 0 N–H and O–H groups in total. The van der Waals surface area contributed by atoms with Crippen molar-refractivity contribution in [3.63, 3.8) is 0 Å². The first kappa shape index (κ1) is 21.5. The van der Waals surface area contributed by atoms with E-state index in [1.54, 1.807) is 31.0 Å². The summed E-state index contributed by atoms with van der Waals surface area (Å²) in [6.07, 6.45) is 0. The molecule has 9 heteroatoms. The van der Waals surface area contributed by atoms with Gasteiger partial charge in [0.25, 0.3) is 5.22 Å². The Morgan fingerprint density at radius 1 is 1.03 bits per heavy atom. The lowest BCUT2D eigenvalue weighted by Gasteiger charge is -2.20. The van der Waals surface area contributed by atoms with Crippen molar-refractivity contribution in [1.29, 1.82) is 0 Å².